The number of nitrogens with zero attached hydrogens (tertiary/aromatic N) is 2. The van der Waals surface area contributed by atoms with Gasteiger partial charge >= 0.3 is 0 Å². The van der Waals surface area contributed by atoms with Gasteiger partial charge in [-0.2, -0.15) is 0 Å². The highest BCUT2D eigenvalue weighted by Crippen LogP contribution is 2.41. The number of imide groups is 1. The molecule has 0 saturated carbocycles. The maximum Gasteiger partial charge on any atom is 0.277 e. The molecule has 0 bridgehead atoms. The maximum atomic E-state index is 12.5. The van der Waals surface area contributed by atoms with Crippen LogP contribution in [-0.2, 0) is 9.59 Å². The molecule has 0 unspecified atom stereocenters. The van der Waals surface area contributed by atoms with E-state index in [0.29, 0.717) is 11.3 Å². The van der Waals surface area contributed by atoms with Gasteiger partial charge in [-0.15, -0.1) is 0 Å². The summed E-state index contributed by atoms with van der Waals surface area (Å²) in [5, 5.41) is 0. The number of benzene rings is 1. The highest BCUT2D eigenvalue weighted by atomic mass is 16.2. The largest absolute Gasteiger partial charge is 0.361 e. The minimum Gasteiger partial charge on any atom is -0.361 e. The van der Waals surface area contributed by atoms with Crippen LogP contribution in [0.25, 0.3) is 5.57 Å². The predicted molar refractivity (Wildman–Crippen MR) is 81.1 cm³/mol. The minimum absolute atomic E-state index is 0.229. The molecule has 4 heteroatoms. The smallest absolute Gasteiger partial charge is 0.277 e. The Morgan fingerprint density at radius 2 is 1.57 bits per heavy atom. The van der Waals surface area contributed by atoms with Crippen molar-refractivity contribution in [1.82, 2.24) is 9.80 Å². The highest BCUT2D eigenvalue weighted by molar-refractivity contribution is 6.26. The number of carbonyl (C=O) groups excluding carboxylic acids is 2. The van der Waals surface area contributed by atoms with Crippen LogP contribution >= 0.6 is 0 Å². The zero-order valence-corrected chi connectivity index (χ0v) is 12.7. The number of likely N-dealkylation sites (N-methyl/N-ethyl adjacent to an activating group) is 2. The fraction of sp³-hybridized carbons (Fsp3) is 0.294. The molecule has 2 heterocycles. The predicted octanol–water partition coefficient (Wildman–Crippen LogP) is 2.05. The molecule has 2 aliphatic heterocycles. The molecule has 0 radical (unpaired) electrons. The average Bonchev–Trinajstić information content (AvgIpc) is 2.69. The van der Waals surface area contributed by atoms with Crippen LogP contribution in [0.5, 0.6) is 0 Å². The zero-order chi connectivity index (χ0) is 15.4. The molecule has 0 saturated heterocycles. The molecule has 0 spiro atoms. The zero-order valence-electron chi connectivity index (χ0n) is 12.7. The quantitative estimate of drug-likeness (QED) is 0.740. The Labute approximate surface area is 124 Å². The molecule has 1 aromatic rings. The Morgan fingerprint density at radius 3 is 2.19 bits per heavy atom. The Bertz CT molecular complexity index is 699. The van der Waals surface area contributed by atoms with Crippen LogP contribution in [0.1, 0.15) is 19.4 Å². The maximum absolute atomic E-state index is 12.5. The summed E-state index contributed by atoms with van der Waals surface area (Å²) in [5.41, 5.74) is 2.48. The fourth-order valence-corrected chi connectivity index (χ4v) is 2.84. The van der Waals surface area contributed by atoms with E-state index in [1.54, 1.807) is 0 Å². The normalized spacial score (nSPS) is 20.9. The van der Waals surface area contributed by atoms with Gasteiger partial charge in [0.15, 0.2) is 0 Å². The van der Waals surface area contributed by atoms with Crippen molar-refractivity contribution >= 4 is 17.4 Å². The summed E-state index contributed by atoms with van der Waals surface area (Å²) in [6, 6.07) is 9.74. The van der Waals surface area contributed by atoms with Crippen LogP contribution in [0.4, 0.5) is 0 Å². The molecule has 0 atom stereocenters. The van der Waals surface area contributed by atoms with Crippen LogP contribution in [0.2, 0.25) is 0 Å². The summed E-state index contributed by atoms with van der Waals surface area (Å²) in [4.78, 5) is 28.0. The second-order valence-corrected chi connectivity index (χ2v) is 6.03. The Balaban J connectivity index is 2.26. The monoisotopic (exact) mass is 282 g/mol. The lowest BCUT2D eigenvalue weighted by atomic mass is 9.86. The summed E-state index contributed by atoms with van der Waals surface area (Å²) in [7, 11) is 3.39. The van der Waals surface area contributed by atoms with Crippen LogP contribution in [-0.4, -0.2) is 41.2 Å². The van der Waals surface area contributed by atoms with E-state index in [4.69, 9.17) is 0 Å². The molecule has 2 aliphatic rings. The van der Waals surface area contributed by atoms with Gasteiger partial charge in [0.2, 0.25) is 0 Å². The molecular weight excluding hydrogens is 264 g/mol. The molecule has 0 fully saturated rings. The van der Waals surface area contributed by atoms with E-state index in [1.165, 1.54) is 11.9 Å². The Hall–Kier alpha value is -2.36. The molecule has 0 aromatic heterocycles. The van der Waals surface area contributed by atoms with E-state index in [9.17, 15) is 9.59 Å². The lowest BCUT2D eigenvalue weighted by molar-refractivity contribution is -0.136. The van der Waals surface area contributed by atoms with Crippen LogP contribution < -0.4 is 0 Å². The van der Waals surface area contributed by atoms with Gasteiger partial charge in [-0.3, -0.25) is 14.5 Å². The van der Waals surface area contributed by atoms with Crippen molar-refractivity contribution in [2.24, 2.45) is 0 Å². The van der Waals surface area contributed by atoms with Gasteiger partial charge in [0.05, 0.1) is 11.1 Å². The topological polar surface area (TPSA) is 40.6 Å². The second-order valence-electron chi connectivity index (χ2n) is 6.03. The standard InChI is InChI=1S/C17H18N2O2/c1-17(2)10-12(11-8-6-5-7-9-11)13-14(19(17)4)16(21)18(3)15(13)20/h5-10H,1-4H3. The molecule has 0 aliphatic carbocycles. The third-order valence-corrected chi connectivity index (χ3v) is 4.31. The molecule has 21 heavy (non-hydrogen) atoms. The van der Waals surface area contributed by atoms with Crippen LogP contribution in [0.3, 0.4) is 0 Å². The second kappa shape index (κ2) is 4.32. The first-order valence-electron chi connectivity index (χ1n) is 6.94. The average molecular weight is 282 g/mol. The van der Waals surface area contributed by atoms with Gasteiger partial charge in [0.25, 0.3) is 11.8 Å². The van der Waals surface area contributed by atoms with E-state index in [0.717, 1.165) is 11.1 Å². The number of hydrogen-bond acceptors (Lipinski definition) is 3. The van der Waals surface area contributed by atoms with E-state index in [2.05, 4.69) is 6.08 Å². The van der Waals surface area contributed by atoms with Crippen molar-refractivity contribution in [2.45, 2.75) is 19.4 Å². The minimum atomic E-state index is -0.328. The molecule has 1 aromatic carbocycles. The Morgan fingerprint density at radius 1 is 0.952 bits per heavy atom. The first-order valence-corrected chi connectivity index (χ1v) is 6.94. The first kappa shape index (κ1) is 13.6. The van der Waals surface area contributed by atoms with E-state index < -0.39 is 0 Å². The number of rotatable bonds is 1. The summed E-state index contributed by atoms with van der Waals surface area (Å²) in [6.45, 7) is 4.07. The number of hydrogen-bond donors (Lipinski definition) is 0. The Kier molecular flexibility index (Phi) is 2.80. The van der Waals surface area contributed by atoms with Gasteiger partial charge < -0.3 is 4.90 Å². The lowest BCUT2D eigenvalue weighted by Gasteiger charge is -2.39. The van der Waals surface area contributed by atoms with Gasteiger partial charge in [-0.05, 0) is 25.0 Å². The summed E-state index contributed by atoms with van der Waals surface area (Å²) in [5.74, 6) is -0.459. The van der Waals surface area contributed by atoms with Crippen molar-refractivity contribution in [2.75, 3.05) is 14.1 Å². The molecule has 0 N–H and O–H groups in total. The fourth-order valence-electron chi connectivity index (χ4n) is 2.84. The lowest BCUT2D eigenvalue weighted by Crippen LogP contribution is -2.43. The van der Waals surface area contributed by atoms with Crippen molar-refractivity contribution in [1.29, 1.82) is 0 Å². The highest BCUT2D eigenvalue weighted by Gasteiger charge is 2.45. The van der Waals surface area contributed by atoms with E-state index in [1.807, 2.05) is 56.1 Å². The van der Waals surface area contributed by atoms with Gasteiger partial charge in [0.1, 0.15) is 5.70 Å². The van der Waals surface area contributed by atoms with E-state index >= 15 is 0 Å². The third kappa shape index (κ3) is 1.82. The summed E-state index contributed by atoms with van der Waals surface area (Å²) >= 11 is 0. The van der Waals surface area contributed by atoms with Gasteiger partial charge in [-0.1, -0.05) is 36.4 Å². The first-order chi connectivity index (χ1) is 9.84. The van der Waals surface area contributed by atoms with Crippen LogP contribution in [0, 0.1) is 0 Å². The molecule has 2 amide bonds. The number of amides is 2. The molecule has 108 valence electrons. The van der Waals surface area contributed by atoms with E-state index in [-0.39, 0.29) is 17.4 Å². The van der Waals surface area contributed by atoms with Crippen molar-refractivity contribution in [3.63, 3.8) is 0 Å². The van der Waals surface area contributed by atoms with Gasteiger partial charge in [-0.25, -0.2) is 0 Å². The molecule has 4 nitrogen and oxygen atoms in total. The summed E-state index contributed by atoms with van der Waals surface area (Å²) < 4.78 is 0. The van der Waals surface area contributed by atoms with Crippen molar-refractivity contribution in [3.05, 3.63) is 53.2 Å². The molecule has 3 rings (SSSR count). The number of carbonyl (C=O) groups is 2. The van der Waals surface area contributed by atoms with Crippen molar-refractivity contribution < 1.29 is 9.59 Å². The van der Waals surface area contributed by atoms with Gasteiger partial charge in [0, 0.05) is 14.1 Å². The van der Waals surface area contributed by atoms with Crippen LogP contribution in [0.15, 0.2) is 47.7 Å². The van der Waals surface area contributed by atoms with Crippen molar-refractivity contribution in [3.8, 4) is 0 Å². The SMILES string of the molecule is CN1C(=O)C2=C(C1=O)N(C)C(C)(C)C=C2c1ccccc1. The third-order valence-electron chi connectivity index (χ3n) is 4.31. The summed E-state index contributed by atoms with van der Waals surface area (Å²) in [6.07, 6.45) is 2.06. The molecular formula is C17H18N2O2.